The molecule has 19 heavy (non-hydrogen) atoms. The summed E-state index contributed by atoms with van der Waals surface area (Å²) in [6, 6.07) is 7.96. The van der Waals surface area contributed by atoms with Gasteiger partial charge >= 0.3 is 0 Å². The minimum absolute atomic E-state index is 0.0567. The molecule has 0 spiro atoms. The first-order chi connectivity index (χ1) is 9.02. The van der Waals surface area contributed by atoms with Gasteiger partial charge in [-0.25, -0.2) is 0 Å². The fourth-order valence-electron chi connectivity index (χ4n) is 2.30. The number of rotatable bonds is 4. The first-order valence-corrected chi connectivity index (χ1v) is 6.93. The van der Waals surface area contributed by atoms with E-state index in [4.69, 9.17) is 17.3 Å². The van der Waals surface area contributed by atoms with Gasteiger partial charge in [-0.05, 0) is 36.6 Å². The van der Waals surface area contributed by atoms with E-state index >= 15 is 0 Å². The number of hydrogen-bond acceptors (Lipinski definition) is 2. The lowest BCUT2D eigenvalue weighted by molar-refractivity contribution is 0.636. The molecule has 0 saturated heterocycles. The van der Waals surface area contributed by atoms with Gasteiger partial charge in [-0.15, -0.1) is 0 Å². The van der Waals surface area contributed by atoms with Crippen molar-refractivity contribution in [2.24, 2.45) is 12.8 Å². The maximum atomic E-state index is 6.32. The molecule has 0 amide bonds. The highest BCUT2D eigenvalue weighted by Crippen LogP contribution is 2.25. The smallest absolute Gasteiger partial charge is 0.0624 e. The van der Waals surface area contributed by atoms with Crippen LogP contribution >= 0.6 is 11.6 Å². The third-order valence-corrected chi connectivity index (χ3v) is 3.94. The zero-order chi connectivity index (χ0) is 14.0. The molecule has 3 nitrogen and oxygen atoms in total. The number of nitrogens with two attached hydrogens (primary N) is 1. The van der Waals surface area contributed by atoms with Crippen LogP contribution < -0.4 is 5.73 Å². The van der Waals surface area contributed by atoms with Crippen molar-refractivity contribution in [3.05, 3.63) is 51.8 Å². The lowest BCUT2D eigenvalue weighted by atomic mass is 9.98. The number of aromatic nitrogens is 2. The SMILES string of the molecule is CCc1cc(CC(N)c2cccc(Cl)c2C)n(C)n1. The molecular formula is C15H20ClN3. The monoisotopic (exact) mass is 277 g/mol. The number of benzene rings is 1. The van der Waals surface area contributed by atoms with Gasteiger partial charge in [0.2, 0.25) is 0 Å². The molecule has 2 rings (SSSR count). The van der Waals surface area contributed by atoms with Crippen LogP contribution in [-0.4, -0.2) is 9.78 Å². The van der Waals surface area contributed by atoms with Crippen LogP contribution in [-0.2, 0) is 19.9 Å². The van der Waals surface area contributed by atoms with Crippen LogP contribution in [0.3, 0.4) is 0 Å². The average Bonchev–Trinajstić information content (AvgIpc) is 2.73. The van der Waals surface area contributed by atoms with Crippen LogP contribution in [0, 0.1) is 6.92 Å². The summed E-state index contributed by atoms with van der Waals surface area (Å²) in [5.41, 5.74) is 10.7. The topological polar surface area (TPSA) is 43.8 Å². The average molecular weight is 278 g/mol. The molecule has 0 bridgehead atoms. The minimum Gasteiger partial charge on any atom is -0.324 e. The van der Waals surface area contributed by atoms with E-state index in [1.165, 1.54) is 0 Å². The van der Waals surface area contributed by atoms with Crippen LogP contribution in [0.2, 0.25) is 5.02 Å². The van der Waals surface area contributed by atoms with Crippen molar-refractivity contribution in [1.82, 2.24) is 9.78 Å². The third-order valence-electron chi connectivity index (χ3n) is 3.53. The fraction of sp³-hybridized carbons (Fsp3) is 0.400. The van der Waals surface area contributed by atoms with Gasteiger partial charge in [-0.1, -0.05) is 30.7 Å². The summed E-state index contributed by atoms with van der Waals surface area (Å²) in [7, 11) is 1.96. The first-order valence-electron chi connectivity index (χ1n) is 6.55. The number of nitrogens with zero attached hydrogens (tertiary/aromatic N) is 2. The molecule has 0 aliphatic carbocycles. The van der Waals surface area contributed by atoms with E-state index in [0.29, 0.717) is 0 Å². The summed E-state index contributed by atoms with van der Waals surface area (Å²) in [6.45, 7) is 4.12. The second-order valence-corrected chi connectivity index (χ2v) is 5.28. The quantitative estimate of drug-likeness (QED) is 0.933. The van der Waals surface area contributed by atoms with Gasteiger partial charge in [-0.2, -0.15) is 5.10 Å². The van der Waals surface area contributed by atoms with Gasteiger partial charge in [0.15, 0.2) is 0 Å². The summed E-state index contributed by atoms with van der Waals surface area (Å²) in [5, 5.41) is 5.22. The largest absolute Gasteiger partial charge is 0.324 e. The zero-order valence-electron chi connectivity index (χ0n) is 11.7. The van der Waals surface area contributed by atoms with Crippen molar-refractivity contribution in [2.45, 2.75) is 32.7 Å². The number of hydrogen-bond donors (Lipinski definition) is 1. The molecule has 102 valence electrons. The second-order valence-electron chi connectivity index (χ2n) is 4.87. The molecule has 1 atom stereocenters. The molecule has 2 N–H and O–H groups in total. The Morgan fingerprint density at radius 3 is 2.79 bits per heavy atom. The molecule has 0 saturated carbocycles. The molecule has 1 unspecified atom stereocenters. The Balaban J connectivity index is 2.22. The van der Waals surface area contributed by atoms with Crippen molar-refractivity contribution in [3.8, 4) is 0 Å². The molecule has 2 aromatic rings. The molecule has 1 heterocycles. The predicted molar refractivity (Wildman–Crippen MR) is 79.4 cm³/mol. The Hall–Kier alpha value is -1.32. The lowest BCUT2D eigenvalue weighted by Crippen LogP contribution is -2.16. The molecule has 0 fully saturated rings. The normalized spacial score (nSPS) is 12.7. The van der Waals surface area contributed by atoms with E-state index in [0.717, 1.165) is 40.4 Å². The van der Waals surface area contributed by atoms with E-state index in [-0.39, 0.29) is 6.04 Å². The Bertz CT molecular complexity index is 575. The Morgan fingerprint density at radius 2 is 2.16 bits per heavy atom. The van der Waals surface area contributed by atoms with Gasteiger partial charge in [0.1, 0.15) is 0 Å². The van der Waals surface area contributed by atoms with E-state index in [1.54, 1.807) is 0 Å². The highest BCUT2D eigenvalue weighted by Gasteiger charge is 2.14. The molecule has 4 heteroatoms. The summed E-state index contributed by atoms with van der Waals surface area (Å²) in [5.74, 6) is 0. The number of aryl methyl sites for hydroxylation is 2. The molecule has 0 aliphatic heterocycles. The maximum absolute atomic E-state index is 6.32. The summed E-state index contributed by atoms with van der Waals surface area (Å²) >= 11 is 6.15. The van der Waals surface area contributed by atoms with Gasteiger partial charge in [0.05, 0.1) is 5.69 Å². The van der Waals surface area contributed by atoms with Gasteiger partial charge < -0.3 is 5.73 Å². The van der Waals surface area contributed by atoms with E-state index < -0.39 is 0 Å². The van der Waals surface area contributed by atoms with Crippen molar-refractivity contribution >= 4 is 11.6 Å². The number of halogens is 1. The molecule has 0 aliphatic rings. The van der Waals surface area contributed by atoms with Crippen LogP contribution in [0.25, 0.3) is 0 Å². The standard InChI is InChI=1S/C15H20ClN3/c1-4-11-8-12(19(3)18-11)9-15(17)13-6-5-7-14(16)10(13)2/h5-8,15H,4,9,17H2,1-3H3. The highest BCUT2D eigenvalue weighted by molar-refractivity contribution is 6.31. The second kappa shape index (κ2) is 5.76. The lowest BCUT2D eigenvalue weighted by Gasteiger charge is -2.15. The van der Waals surface area contributed by atoms with E-state index in [2.05, 4.69) is 18.1 Å². The van der Waals surface area contributed by atoms with Gasteiger partial charge in [0, 0.05) is 30.2 Å². The minimum atomic E-state index is -0.0567. The highest BCUT2D eigenvalue weighted by atomic mass is 35.5. The van der Waals surface area contributed by atoms with Crippen LogP contribution in [0.5, 0.6) is 0 Å². The van der Waals surface area contributed by atoms with Crippen molar-refractivity contribution in [3.63, 3.8) is 0 Å². The van der Waals surface area contributed by atoms with Crippen molar-refractivity contribution in [1.29, 1.82) is 0 Å². The zero-order valence-corrected chi connectivity index (χ0v) is 12.4. The van der Waals surface area contributed by atoms with Gasteiger partial charge in [-0.3, -0.25) is 4.68 Å². The summed E-state index contributed by atoms with van der Waals surface area (Å²) in [4.78, 5) is 0. The predicted octanol–water partition coefficient (Wildman–Crippen LogP) is 3.19. The Morgan fingerprint density at radius 1 is 1.42 bits per heavy atom. The van der Waals surface area contributed by atoms with Gasteiger partial charge in [0.25, 0.3) is 0 Å². The molecular weight excluding hydrogens is 258 g/mol. The first kappa shape index (κ1) is 14.1. The Labute approximate surface area is 119 Å². The van der Waals surface area contributed by atoms with Crippen LogP contribution in [0.1, 0.15) is 35.5 Å². The molecule has 1 aromatic heterocycles. The molecule has 0 radical (unpaired) electrons. The molecule has 1 aromatic carbocycles. The van der Waals surface area contributed by atoms with Crippen LogP contribution in [0.15, 0.2) is 24.3 Å². The maximum Gasteiger partial charge on any atom is 0.0624 e. The fourth-order valence-corrected chi connectivity index (χ4v) is 2.48. The Kier molecular flexibility index (Phi) is 4.27. The van der Waals surface area contributed by atoms with Crippen molar-refractivity contribution < 1.29 is 0 Å². The summed E-state index contributed by atoms with van der Waals surface area (Å²) < 4.78 is 1.92. The van der Waals surface area contributed by atoms with Crippen LogP contribution in [0.4, 0.5) is 0 Å². The third kappa shape index (κ3) is 2.99. The van der Waals surface area contributed by atoms with E-state index in [9.17, 15) is 0 Å². The van der Waals surface area contributed by atoms with Crippen molar-refractivity contribution in [2.75, 3.05) is 0 Å². The summed E-state index contributed by atoms with van der Waals surface area (Å²) in [6.07, 6.45) is 1.71. The van der Waals surface area contributed by atoms with E-state index in [1.807, 2.05) is 36.9 Å².